The van der Waals surface area contributed by atoms with Crippen molar-refractivity contribution in [3.63, 3.8) is 0 Å². The van der Waals surface area contributed by atoms with Gasteiger partial charge in [0.05, 0.1) is 29.8 Å². The largest absolute Gasteiger partial charge is 0.469 e. The Balaban J connectivity index is 2.39. The van der Waals surface area contributed by atoms with Crippen molar-refractivity contribution in [3.8, 4) is 0 Å². The lowest BCUT2D eigenvalue weighted by Gasteiger charge is -2.06. The van der Waals surface area contributed by atoms with E-state index in [1.807, 2.05) is 0 Å². The highest BCUT2D eigenvalue weighted by molar-refractivity contribution is 7.18. The molecule has 0 aromatic carbocycles. The second-order valence-electron chi connectivity index (χ2n) is 3.62. The van der Waals surface area contributed by atoms with Crippen LogP contribution in [0.4, 0.5) is 9.80 Å². The fraction of sp³-hybridized carbons (Fsp3) is 0.273. The first-order valence-electron chi connectivity index (χ1n) is 5.63. The van der Waals surface area contributed by atoms with Gasteiger partial charge in [-0.05, 0) is 12.1 Å². The fourth-order valence-corrected chi connectivity index (χ4v) is 1.95. The highest BCUT2D eigenvalue weighted by Gasteiger charge is 2.11. The smallest absolute Gasteiger partial charge is 0.409 e. The van der Waals surface area contributed by atoms with Gasteiger partial charge in [0.25, 0.3) is 0 Å². The van der Waals surface area contributed by atoms with Gasteiger partial charge in [-0.15, -0.1) is 11.3 Å². The van der Waals surface area contributed by atoms with Crippen LogP contribution in [0.3, 0.4) is 0 Å². The highest BCUT2D eigenvalue weighted by Crippen LogP contribution is 2.21. The summed E-state index contributed by atoms with van der Waals surface area (Å²) in [4.78, 5) is 37.5. The Hall–Kier alpha value is -2.62. The second-order valence-corrected chi connectivity index (χ2v) is 4.71. The molecule has 10 heteroatoms. The molecule has 0 bridgehead atoms. The zero-order valence-corrected chi connectivity index (χ0v) is 11.8. The number of amides is 1. The van der Waals surface area contributed by atoms with Gasteiger partial charge in [0.2, 0.25) is 0 Å². The van der Waals surface area contributed by atoms with Crippen molar-refractivity contribution in [1.29, 1.82) is 5.41 Å². The first kappa shape index (κ1) is 16.4. The van der Waals surface area contributed by atoms with Crippen LogP contribution < -0.4 is 10.8 Å². The average molecular weight is 315 g/mol. The predicted molar refractivity (Wildman–Crippen MR) is 73.3 cm³/mol. The minimum absolute atomic E-state index is 0.115. The van der Waals surface area contributed by atoms with E-state index in [2.05, 4.69) is 20.4 Å². The summed E-state index contributed by atoms with van der Waals surface area (Å²) in [6.07, 6.45) is -1.50. The number of hydrogen-bond donors (Lipinski definition) is 4. The molecule has 0 aliphatic rings. The lowest BCUT2D eigenvalue weighted by Crippen LogP contribution is -2.26. The highest BCUT2D eigenvalue weighted by atomic mass is 32.1. The molecule has 1 heterocycles. The third-order valence-corrected chi connectivity index (χ3v) is 3.13. The number of anilines is 1. The quantitative estimate of drug-likeness (QED) is 0.277. The van der Waals surface area contributed by atoms with Crippen molar-refractivity contribution in [1.82, 2.24) is 5.48 Å². The SMILES string of the molecule is COC(=O)CCC(=O)ONC(=N)c1ccc(NC(=O)O)s1. The second kappa shape index (κ2) is 7.85. The Morgan fingerprint density at radius 2 is 1.95 bits per heavy atom. The lowest BCUT2D eigenvalue weighted by atomic mass is 10.3. The summed E-state index contributed by atoms with van der Waals surface area (Å²) < 4.78 is 4.37. The van der Waals surface area contributed by atoms with E-state index < -0.39 is 18.0 Å². The van der Waals surface area contributed by atoms with Crippen molar-refractivity contribution >= 4 is 40.2 Å². The van der Waals surface area contributed by atoms with E-state index in [4.69, 9.17) is 10.5 Å². The number of carboxylic acid groups (broad SMARTS) is 1. The molecule has 21 heavy (non-hydrogen) atoms. The summed E-state index contributed by atoms with van der Waals surface area (Å²) in [5.41, 5.74) is 2.12. The van der Waals surface area contributed by atoms with Gasteiger partial charge >= 0.3 is 18.0 Å². The number of ether oxygens (including phenoxy) is 1. The Bertz CT molecular complexity index is 556. The lowest BCUT2D eigenvalue weighted by molar-refractivity contribution is -0.151. The summed E-state index contributed by atoms with van der Waals surface area (Å²) in [5, 5.41) is 18.6. The number of nitrogens with one attached hydrogen (secondary N) is 3. The van der Waals surface area contributed by atoms with Crippen LogP contribution in [-0.2, 0) is 19.2 Å². The Labute approximate surface area is 123 Å². The number of thiophene rings is 1. The van der Waals surface area contributed by atoms with E-state index in [1.165, 1.54) is 19.2 Å². The van der Waals surface area contributed by atoms with E-state index in [1.54, 1.807) is 0 Å². The molecule has 0 saturated heterocycles. The molecule has 1 aromatic heterocycles. The molecular formula is C11H13N3O6S. The minimum Gasteiger partial charge on any atom is -0.469 e. The summed E-state index contributed by atoms with van der Waals surface area (Å²) >= 11 is 0.998. The van der Waals surface area contributed by atoms with E-state index >= 15 is 0 Å². The average Bonchev–Trinajstić information content (AvgIpc) is 2.89. The zero-order chi connectivity index (χ0) is 15.8. The Morgan fingerprint density at radius 3 is 2.57 bits per heavy atom. The zero-order valence-electron chi connectivity index (χ0n) is 11.0. The van der Waals surface area contributed by atoms with Gasteiger partial charge < -0.3 is 14.7 Å². The van der Waals surface area contributed by atoms with Crippen molar-refractivity contribution in [2.75, 3.05) is 12.4 Å². The number of carbonyl (C=O) groups excluding carboxylic acids is 2. The maximum Gasteiger partial charge on any atom is 0.409 e. The summed E-state index contributed by atoms with van der Waals surface area (Å²) in [6.45, 7) is 0. The molecule has 1 amide bonds. The number of amidine groups is 1. The van der Waals surface area contributed by atoms with E-state index in [0.717, 1.165) is 11.3 Å². The first-order chi connectivity index (χ1) is 9.92. The van der Waals surface area contributed by atoms with Crippen LogP contribution in [0.5, 0.6) is 0 Å². The molecule has 0 unspecified atom stereocenters. The monoisotopic (exact) mass is 315 g/mol. The number of rotatable bonds is 5. The number of esters is 1. The van der Waals surface area contributed by atoms with Crippen LogP contribution in [0.1, 0.15) is 17.7 Å². The standard InChI is InChI=1S/C11H13N3O6S/c1-19-8(15)4-5-9(16)20-14-10(12)6-2-3-7(21-6)13-11(17)18/h2-3,13H,4-5H2,1H3,(H2,12,14)(H,17,18). The topological polar surface area (TPSA) is 138 Å². The number of carbonyl (C=O) groups is 3. The van der Waals surface area contributed by atoms with Crippen molar-refractivity contribution in [2.45, 2.75) is 12.8 Å². The molecule has 0 spiro atoms. The van der Waals surface area contributed by atoms with E-state index in [-0.39, 0.29) is 18.7 Å². The van der Waals surface area contributed by atoms with E-state index in [0.29, 0.717) is 9.88 Å². The predicted octanol–water partition coefficient (Wildman–Crippen LogP) is 1.16. The van der Waals surface area contributed by atoms with Crippen LogP contribution in [0.25, 0.3) is 0 Å². The van der Waals surface area contributed by atoms with E-state index in [9.17, 15) is 14.4 Å². The summed E-state index contributed by atoms with van der Waals surface area (Å²) in [7, 11) is 1.21. The summed E-state index contributed by atoms with van der Waals surface area (Å²) in [5.74, 6) is -1.46. The van der Waals surface area contributed by atoms with Crippen LogP contribution in [0.2, 0.25) is 0 Å². The minimum atomic E-state index is -1.21. The van der Waals surface area contributed by atoms with Gasteiger partial charge in [0.1, 0.15) is 0 Å². The molecule has 0 saturated carbocycles. The van der Waals surface area contributed by atoms with Gasteiger partial charge in [-0.25, -0.2) is 9.59 Å². The molecule has 0 aliphatic heterocycles. The van der Waals surface area contributed by atoms with Crippen LogP contribution in [0, 0.1) is 5.41 Å². The number of hydroxylamine groups is 1. The maximum absolute atomic E-state index is 11.3. The van der Waals surface area contributed by atoms with Gasteiger partial charge in [-0.3, -0.25) is 15.5 Å². The summed E-state index contributed by atoms with van der Waals surface area (Å²) in [6, 6.07) is 2.97. The number of methoxy groups -OCH3 is 1. The van der Waals surface area contributed by atoms with Crippen molar-refractivity contribution in [3.05, 3.63) is 17.0 Å². The molecule has 0 radical (unpaired) electrons. The number of hydrogen-bond acceptors (Lipinski definition) is 7. The van der Waals surface area contributed by atoms with Crippen LogP contribution >= 0.6 is 11.3 Å². The van der Waals surface area contributed by atoms with Crippen LogP contribution in [0.15, 0.2) is 12.1 Å². The first-order valence-corrected chi connectivity index (χ1v) is 6.45. The van der Waals surface area contributed by atoms with Gasteiger partial charge in [0.15, 0.2) is 5.84 Å². The molecule has 0 fully saturated rings. The molecule has 114 valence electrons. The Kier molecular flexibility index (Phi) is 6.14. The third kappa shape index (κ3) is 5.91. The van der Waals surface area contributed by atoms with Crippen LogP contribution in [-0.4, -0.2) is 36.1 Å². The molecular weight excluding hydrogens is 302 g/mol. The Morgan fingerprint density at radius 1 is 1.29 bits per heavy atom. The van der Waals surface area contributed by atoms with Crippen molar-refractivity contribution < 1.29 is 29.1 Å². The molecule has 0 atom stereocenters. The molecule has 1 rings (SSSR count). The van der Waals surface area contributed by atoms with Gasteiger partial charge in [-0.2, -0.15) is 5.48 Å². The maximum atomic E-state index is 11.3. The fourth-order valence-electron chi connectivity index (χ4n) is 1.16. The van der Waals surface area contributed by atoms with Gasteiger partial charge in [-0.1, -0.05) is 0 Å². The molecule has 0 aliphatic carbocycles. The third-order valence-electron chi connectivity index (χ3n) is 2.11. The van der Waals surface area contributed by atoms with Crippen molar-refractivity contribution in [2.24, 2.45) is 0 Å². The van der Waals surface area contributed by atoms with Gasteiger partial charge in [0, 0.05) is 0 Å². The normalized spacial score (nSPS) is 9.57. The molecule has 9 nitrogen and oxygen atoms in total. The molecule has 4 N–H and O–H groups in total. The molecule has 1 aromatic rings.